The van der Waals surface area contributed by atoms with E-state index in [0.29, 0.717) is 18.2 Å². The number of nitriles is 1. The lowest BCUT2D eigenvalue weighted by atomic mass is 10.3. The maximum absolute atomic E-state index is 11.8. The number of hydrogen-bond acceptors (Lipinski definition) is 7. The molecule has 0 saturated heterocycles. The van der Waals surface area contributed by atoms with Crippen molar-refractivity contribution in [1.82, 2.24) is 5.32 Å². The Morgan fingerprint density at radius 2 is 2.24 bits per heavy atom. The van der Waals surface area contributed by atoms with E-state index in [0.717, 1.165) is 18.0 Å². The lowest BCUT2D eigenvalue weighted by Gasteiger charge is -2.15. The largest absolute Gasteiger partial charge is 0.457 e. The van der Waals surface area contributed by atoms with Gasteiger partial charge in [-0.05, 0) is 13.8 Å². The molecular formula is C14H20N2O4S. The monoisotopic (exact) mass is 312 g/mol. The molecule has 0 saturated carbocycles. The zero-order valence-electron chi connectivity index (χ0n) is 12.3. The van der Waals surface area contributed by atoms with E-state index in [4.69, 9.17) is 14.7 Å². The molecule has 116 valence electrons. The van der Waals surface area contributed by atoms with Crippen molar-refractivity contribution in [3.8, 4) is 6.07 Å². The molecule has 0 aliphatic rings. The van der Waals surface area contributed by atoms with Crippen LogP contribution in [0.25, 0.3) is 0 Å². The molecule has 0 bridgehead atoms. The van der Waals surface area contributed by atoms with Gasteiger partial charge >= 0.3 is 5.97 Å². The second-order valence-electron chi connectivity index (χ2n) is 3.69. The SMILES string of the molecule is C=CCOC(=O)/C(C#N)=C(/NCC)SC(C=O)COCC. The van der Waals surface area contributed by atoms with Gasteiger partial charge in [-0.2, -0.15) is 5.26 Å². The van der Waals surface area contributed by atoms with Gasteiger partial charge in [-0.3, -0.25) is 0 Å². The van der Waals surface area contributed by atoms with Crippen molar-refractivity contribution in [2.24, 2.45) is 0 Å². The van der Waals surface area contributed by atoms with Crippen LogP contribution in [-0.2, 0) is 19.1 Å². The van der Waals surface area contributed by atoms with Crippen LogP contribution in [0.4, 0.5) is 0 Å². The van der Waals surface area contributed by atoms with E-state index in [9.17, 15) is 9.59 Å². The molecule has 0 spiro atoms. The molecular weight excluding hydrogens is 292 g/mol. The Morgan fingerprint density at radius 3 is 2.71 bits per heavy atom. The zero-order chi connectivity index (χ0) is 16.1. The first kappa shape index (κ1) is 19.2. The maximum Gasteiger partial charge on any atom is 0.351 e. The quantitative estimate of drug-likeness (QED) is 0.203. The van der Waals surface area contributed by atoms with Crippen LogP contribution in [0.3, 0.4) is 0 Å². The van der Waals surface area contributed by atoms with Crippen LogP contribution in [0, 0.1) is 11.3 Å². The first-order chi connectivity index (χ1) is 10.1. The highest BCUT2D eigenvalue weighted by Crippen LogP contribution is 2.22. The predicted molar refractivity (Wildman–Crippen MR) is 81.4 cm³/mol. The van der Waals surface area contributed by atoms with Gasteiger partial charge in [-0.15, -0.1) is 0 Å². The summed E-state index contributed by atoms with van der Waals surface area (Å²) < 4.78 is 10.0. The predicted octanol–water partition coefficient (Wildman–Crippen LogP) is 1.40. The van der Waals surface area contributed by atoms with Gasteiger partial charge in [-0.25, -0.2) is 4.79 Å². The highest BCUT2D eigenvalue weighted by Gasteiger charge is 2.20. The number of carbonyl (C=O) groups is 2. The van der Waals surface area contributed by atoms with E-state index in [1.165, 1.54) is 6.08 Å². The molecule has 21 heavy (non-hydrogen) atoms. The van der Waals surface area contributed by atoms with Gasteiger partial charge in [0.25, 0.3) is 0 Å². The molecule has 0 radical (unpaired) electrons. The Hall–Kier alpha value is -1.78. The minimum absolute atomic E-state index is 0.0180. The lowest BCUT2D eigenvalue weighted by molar-refractivity contribution is -0.137. The zero-order valence-corrected chi connectivity index (χ0v) is 13.1. The van der Waals surface area contributed by atoms with E-state index in [1.54, 1.807) is 0 Å². The van der Waals surface area contributed by atoms with Gasteiger partial charge in [0.15, 0.2) is 5.57 Å². The van der Waals surface area contributed by atoms with Crippen molar-refractivity contribution in [2.45, 2.75) is 19.1 Å². The third kappa shape index (κ3) is 7.54. The summed E-state index contributed by atoms with van der Waals surface area (Å²) in [6.07, 6.45) is 2.14. The number of hydrogen-bond donors (Lipinski definition) is 1. The van der Waals surface area contributed by atoms with E-state index >= 15 is 0 Å². The second-order valence-corrected chi connectivity index (χ2v) is 4.93. The minimum Gasteiger partial charge on any atom is -0.457 e. The average Bonchev–Trinajstić information content (AvgIpc) is 2.49. The Morgan fingerprint density at radius 1 is 1.52 bits per heavy atom. The molecule has 0 fully saturated rings. The number of ether oxygens (including phenoxy) is 2. The number of thioether (sulfide) groups is 1. The fourth-order valence-corrected chi connectivity index (χ4v) is 2.23. The lowest BCUT2D eigenvalue weighted by Crippen LogP contribution is -2.22. The van der Waals surface area contributed by atoms with E-state index in [-0.39, 0.29) is 18.8 Å². The first-order valence-electron chi connectivity index (χ1n) is 6.50. The standard InChI is InChI=1S/C14H20N2O4S/c1-4-7-20-14(18)12(8-15)13(16-5-2)21-11(9-17)10-19-6-3/h4,9,11,16H,1,5-7,10H2,2-3H3/b13-12-. The topological polar surface area (TPSA) is 88.4 Å². The Kier molecular flexibility index (Phi) is 11.0. The van der Waals surface area contributed by atoms with Crippen molar-refractivity contribution < 1.29 is 19.1 Å². The highest BCUT2D eigenvalue weighted by molar-refractivity contribution is 8.04. The summed E-state index contributed by atoms with van der Waals surface area (Å²) in [6.45, 7) is 8.29. The number of rotatable bonds is 11. The second kappa shape index (κ2) is 12.0. The summed E-state index contributed by atoms with van der Waals surface area (Å²) in [7, 11) is 0. The Balaban J connectivity index is 5.14. The number of esters is 1. The molecule has 1 atom stereocenters. The maximum atomic E-state index is 11.8. The minimum atomic E-state index is -0.748. The van der Waals surface area contributed by atoms with Crippen molar-refractivity contribution in [3.63, 3.8) is 0 Å². The molecule has 7 heteroatoms. The van der Waals surface area contributed by atoms with Crippen LogP contribution in [0.15, 0.2) is 23.3 Å². The van der Waals surface area contributed by atoms with E-state index in [1.807, 2.05) is 19.9 Å². The van der Waals surface area contributed by atoms with Gasteiger partial charge < -0.3 is 19.6 Å². The van der Waals surface area contributed by atoms with Gasteiger partial charge in [-0.1, -0.05) is 24.4 Å². The van der Waals surface area contributed by atoms with Gasteiger partial charge in [0, 0.05) is 13.2 Å². The number of nitrogens with one attached hydrogen (secondary N) is 1. The van der Waals surface area contributed by atoms with Crippen molar-refractivity contribution in [2.75, 3.05) is 26.4 Å². The van der Waals surface area contributed by atoms with Gasteiger partial charge in [0.05, 0.1) is 16.9 Å². The molecule has 0 heterocycles. The molecule has 1 N–H and O–H groups in total. The Labute approximate surface area is 129 Å². The first-order valence-corrected chi connectivity index (χ1v) is 7.38. The number of carbonyl (C=O) groups excluding carboxylic acids is 2. The molecule has 0 aromatic carbocycles. The van der Waals surface area contributed by atoms with Crippen LogP contribution >= 0.6 is 11.8 Å². The Bertz CT molecular complexity index is 429. The van der Waals surface area contributed by atoms with Crippen molar-refractivity contribution in [3.05, 3.63) is 23.3 Å². The summed E-state index contributed by atoms with van der Waals surface area (Å²) in [5, 5.41) is 11.9. The molecule has 0 amide bonds. The number of nitrogens with zero attached hydrogens (tertiary/aromatic N) is 1. The van der Waals surface area contributed by atoms with Crippen molar-refractivity contribution >= 4 is 24.0 Å². The van der Waals surface area contributed by atoms with E-state index < -0.39 is 11.2 Å². The summed E-state index contributed by atoms with van der Waals surface area (Å²) in [5.74, 6) is -0.748. The highest BCUT2D eigenvalue weighted by atomic mass is 32.2. The summed E-state index contributed by atoms with van der Waals surface area (Å²) in [5.41, 5.74) is -0.160. The summed E-state index contributed by atoms with van der Waals surface area (Å²) in [4.78, 5) is 22.8. The van der Waals surface area contributed by atoms with E-state index in [2.05, 4.69) is 11.9 Å². The molecule has 0 aliphatic heterocycles. The number of aldehydes is 1. The molecule has 1 unspecified atom stereocenters. The smallest absolute Gasteiger partial charge is 0.351 e. The fraction of sp³-hybridized carbons (Fsp3) is 0.500. The van der Waals surface area contributed by atoms with Crippen LogP contribution in [-0.4, -0.2) is 43.9 Å². The van der Waals surface area contributed by atoms with Crippen LogP contribution in [0.5, 0.6) is 0 Å². The summed E-state index contributed by atoms with van der Waals surface area (Å²) >= 11 is 1.08. The van der Waals surface area contributed by atoms with Crippen LogP contribution < -0.4 is 5.32 Å². The molecule has 6 nitrogen and oxygen atoms in total. The van der Waals surface area contributed by atoms with Crippen LogP contribution in [0.2, 0.25) is 0 Å². The molecule has 0 aromatic heterocycles. The van der Waals surface area contributed by atoms with Gasteiger partial charge in [0.2, 0.25) is 0 Å². The third-order valence-corrected chi connectivity index (χ3v) is 3.25. The van der Waals surface area contributed by atoms with Crippen molar-refractivity contribution in [1.29, 1.82) is 5.26 Å². The normalized spacial score (nSPS) is 12.6. The fourth-order valence-electron chi connectivity index (χ4n) is 1.23. The third-order valence-electron chi connectivity index (χ3n) is 2.12. The molecule has 0 aromatic rings. The average molecular weight is 312 g/mol. The van der Waals surface area contributed by atoms with Crippen LogP contribution in [0.1, 0.15) is 13.8 Å². The van der Waals surface area contributed by atoms with Gasteiger partial charge in [0.1, 0.15) is 19.0 Å². The molecule has 0 rings (SSSR count). The summed E-state index contributed by atoms with van der Waals surface area (Å²) in [6, 6.07) is 1.81. The molecule has 0 aliphatic carbocycles.